The lowest BCUT2D eigenvalue weighted by Gasteiger charge is -2.26. The quantitative estimate of drug-likeness (QED) is 0.876. The third-order valence-electron chi connectivity index (χ3n) is 3.29. The highest BCUT2D eigenvalue weighted by Gasteiger charge is 2.30. The van der Waals surface area contributed by atoms with Crippen LogP contribution in [0.2, 0.25) is 0 Å². The van der Waals surface area contributed by atoms with Crippen molar-refractivity contribution in [2.24, 2.45) is 0 Å². The average Bonchev–Trinajstić information content (AvgIpc) is 3.15. The summed E-state index contributed by atoms with van der Waals surface area (Å²) in [6.07, 6.45) is 2.09. The summed E-state index contributed by atoms with van der Waals surface area (Å²) in [5.74, 6) is 0. The number of anilines is 1. The molecule has 1 aliphatic rings. The normalized spacial score (nSPS) is 16.7. The van der Waals surface area contributed by atoms with Crippen molar-refractivity contribution < 1.29 is 9.84 Å². The largest absolute Gasteiger partial charge is 0.389 e. The van der Waals surface area contributed by atoms with Crippen LogP contribution in [0.5, 0.6) is 0 Å². The highest BCUT2D eigenvalue weighted by molar-refractivity contribution is 9.10. The van der Waals surface area contributed by atoms with Gasteiger partial charge in [0.2, 0.25) is 0 Å². The van der Waals surface area contributed by atoms with Crippen LogP contribution in [0.25, 0.3) is 0 Å². The van der Waals surface area contributed by atoms with Crippen LogP contribution >= 0.6 is 15.9 Å². The molecule has 1 aromatic rings. The van der Waals surface area contributed by atoms with Gasteiger partial charge in [0.15, 0.2) is 0 Å². The molecule has 0 radical (unpaired) electrons. The average molecular weight is 314 g/mol. The van der Waals surface area contributed by atoms with E-state index in [1.165, 1.54) is 18.5 Å². The van der Waals surface area contributed by atoms with Crippen molar-refractivity contribution in [3.05, 3.63) is 28.2 Å². The molecule has 1 N–H and O–H groups in total. The minimum absolute atomic E-state index is 0.427. The zero-order chi connectivity index (χ0) is 13.1. The highest BCUT2D eigenvalue weighted by Crippen LogP contribution is 2.36. The standard InChI is InChI=1S/C14H20BrNO2/c1-10(17)11-3-6-14(13(15)9-11)16(7-8-18-2)12-4-5-12/h3,6,9-10,12,17H,4-5,7-8H2,1-2H3. The molecule has 0 amide bonds. The van der Waals surface area contributed by atoms with Crippen LogP contribution in [0.3, 0.4) is 0 Å². The van der Waals surface area contributed by atoms with Crippen molar-refractivity contribution in [3.63, 3.8) is 0 Å². The molecule has 0 heterocycles. The number of halogens is 1. The Hall–Kier alpha value is -0.580. The minimum Gasteiger partial charge on any atom is -0.389 e. The lowest BCUT2D eigenvalue weighted by atomic mass is 10.1. The number of ether oxygens (including phenoxy) is 1. The van der Waals surface area contributed by atoms with Crippen LogP contribution < -0.4 is 4.90 Å². The second-order valence-corrected chi connectivity index (χ2v) is 5.66. The number of methoxy groups -OCH3 is 1. The Labute approximate surface area is 117 Å². The van der Waals surface area contributed by atoms with Crippen molar-refractivity contribution >= 4 is 21.6 Å². The second-order valence-electron chi connectivity index (χ2n) is 4.80. The van der Waals surface area contributed by atoms with Crippen molar-refractivity contribution in [1.82, 2.24) is 0 Å². The maximum absolute atomic E-state index is 9.59. The van der Waals surface area contributed by atoms with E-state index in [2.05, 4.69) is 26.9 Å². The molecular weight excluding hydrogens is 294 g/mol. The molecule has 3 nitrogen and oxygen atoms in total. The Morgan fingerprint density at radius 2 is 2.22 bits per heavy atom. The van der Waals surface area contributed by atoms with Gasteiger partial charge in [-0.15, -0.1) is 0 Å². The van der Waals surface area contributed by atoms with Gasteiger partial charge in [0, 0.05) is 24.2 Å². The number of benzene rings is 1. The Balaban J connectivity index is 2.19. The Kier molecular flexibility index (Phi) is 4.65. The molecule has 0 aliphatic heterocycles. The first-order valence-corrected chi connectivity index (χ1v) is 7.16. The number of aliphatic hydroxyl groups excluding tert-OH is 1. The smallest absolute Gasteiger partial charge is 0.0762 e. The van der Waals surface area contributed by atoms with E-state index in [9.17, 15) is 5.11 Å². The van der Waals surface area contributed by atoms with E-state index in [1.807, 2.05) is 12.1 Å². The van der Waals surface area contributed by atoms with E-state index in [4.69, 9.17) is 4.74 Å². The molecule has 0 spiro atoms. The number of rotatable bonds is 6. The Morgan fingerprint density at radius 3 is 2.72 bits per heavy atom. The van der Waals surface area contributed by atoms with Crippen LogP contribution in [-0.2, 0) is 4.74 Å². The summed E-state index contributed by atoms with van der Waals surface area (Å²) in [6, 6.07) is 6.73. The summed E-state index contributed by atoms with van der Waals surface area (Å²) in [5.41, 5.74) is 2.13. The minimum atomic E-state index is -0.427. The molecule has 1 aromatic carbocycles. The summed E-state index contributed by atoms with van der Waals surface area (Å²) in [6.45, 7) is 3.43. The monoisotopic (exact) mass is 313 g/mol. The molecule has 0 bridgehead atoms. The predicted octanol–water partition coefficient (Wildman–Crippen LogP) is 3.12. The van der Waals surface area contributed by atoms with Gasteiger partial charge >= 0.3 is 0 Å². The zero-order valence-electron chi connectivity index (χ0n) is 10.9. The van der Waals surface area contributed by atoms with Gasteiger partial charge in [-0.25, -0.2) is 0 Å². The fraction of sp³-hybridized carbons (Fsp3) is 0.571. The van der Waals surface area contributed by atoms with Crippen molar-refractivity contribution in [2.75, 3.05) is 25.2 Å². The molecule has 0 aromatic heterocycles. The van der Waals surface area contributed by atoms with Crippen molar-refractivity contribution in [2.45, 2.75) is 31.9 Å². The number of hydrogen-bond donors (Lipinski definition) is 1. The van der Waals surface area contributed by atoms with Gasteiger partial charge in [-0.05, 0) is 53.4 Å². The fourth-order valence-electron chi connectivity index (χ4n) is 2.09. The number of aliphatic hydroxyl groups is 1. The van der Waals surface area contributed by atoms with Crippen LogP contribution in [0, 0.1) is 0 Å². The molecular formula is C14H20BrNO2. The first-order chi connectivity index (χ1) is 8.63. The first-order valence-electron chi connectivity index (χ1n) is 6.36. The summed E-state index contributed by atoms with van der Waals surface area (Å²) >= 11 is 3.61. The summed E-state index contributed by atoms with van der Waals surface area (Å²) in [4.78, 5) is 2.39. The summed E-state index contributed by atoms with van der Waals surface area (Å²) < 4.78 is 6.22. The van der Waals surface area contributed by atoms with Gasteiger partial charge in [-0.2, -0.15) is 0 Å². The van der Waals surface area contributed by atoms with Gasteiger partial charge in [0.25, 0.3) is 0 Å². The highest BCUT2D eigenvalue weighted by atomic mass is 79.9. The maximum Gasteiger partial charge on any atom is 0.0762 e. The molecule has 0 saturated heterocycles. The van der Waals surface area contributed by atoms with Gasteiger partial charge < -0.3 is 14.7 Å². The third kappa shape index (κ3) is 3.25. The van der Waals surface area contributed by atoms with Crippen molar-refractivity contribution in [3.8, 4) is 0 Å². The molecule has 1 unspecified atom stereocenters. The van der Waals surface area contributed by atoms with Gasteiger partial charge in [-0.1, -0.05) is 6.07 Å². The van der Waals surface area contributed by atoms with Crippen LogP contribution in [0.1, 0.15) is 31.4 Å². The summed E-state index contributed by atoms with van der Waals surface area (Å²) in [5, 5.41) is 9.59. The van der Waals surface area contributed by atoms with Crippen LogP contribution in [0.15, 0.2) is 22.7 Å². The van der Waals surface area contributed by atoms with E-state index in [1.54, 1.807) is 14.0 Å². The lowest BCUT2D eigenvalue weighted by molar-refractivity contribution is 0.199. The molecule has 1 saturated carbocycles. The maximum atomic E-state index is 9.59. The van der Waals surface area contributed by atoms with Gasteiger partial charge in [-0.3, -0.25) is 0 Å². The molecule has 1 aliphatic carbocycles. The number of hydrogen-bond acceptors (Lipinski definition) is 3. The van der Waals surface area contributed by atoms with E-state index in [0.717, 1.165) is 23.2 Å². The Bertz CT molecular complexity index is 405. The van der Waals surface area contributed by atoms with E-state index >= 15 is 0 Å². The molecule has 18 heavy (non-hydrogen) atoms. The second kappa shape index (κ2) is 6.04. The molecule has 100 valence electrons. The predicted molar refractivity (Wildman–Crippen MR) is 77.0 cm³/mol. The molecule has 1 fully saturated rings. The fourth-order valence-corrected chi connectivity index (χ4v) is 2.72. The Morgan fingerprint density at radius 1 is 1.50 bits per heavy atom. The topological polar surface area (TPSA) is 32.7 Å². The van der Waals surface area contributed by atoms with Crippen LogP contribution in [0.4, 0.5) is 5.69 Å². The SMILES string of the molecule is COCCN(c1ccc(C(C)O)cc1Br)C1CC1. The summed E-state index contributed by atoms with van der Waals surface area (Å²) in [7, 11) is 1.73. The molecule has 2 rings (SSSR count). The third-order valence-corrected chi connectivity index (χ3v) is 3.92. The van der Waals surface area contributed by atoms with Gasteiger partial charge in [0.1, 0.15) is 0 Å². The van der Waals surface area contributed by atoms with Crippen molar-refractivity contribution in [1.29, 1.82) is 0 Å². The van der Waals surface area contributed by atoms with Gasteiger partial charge in [0.05, 0.1) is 18.4 Å². The lowest BCUT2D eigenvalue weighted by Crippen LogP contribution is -2.29. The first kappa shape index (κ1) is 13.8. The van der Waals surface area contributed by atoms with E-state index in [-0.39, 0.29) is 0 Å². The van der Waals surface area contributed by atoms with Crippen LogP contribution in [-0.4, -0.2) is 31.4 Å². The number of nitrogens with zero attached hydrogens (tertiary/aromatic N) is 1. The zero-order valence-corrected chi connectivity index (χ0v) is 12.5. The molecule has 4 heteroatoms. The van der Waals surface area contributed by atoms with E-state index < -0.39 is 6.10 Å². The van der Waals surface area contributed by atoms with E-state index in [0.29, 0.717) is 6.04 Å². The molecule has 1 atom stereocenters.